The lowest BCUT2D eigenvalue weighted by Crippen LogP contribution is -1.94. The summed E-state index contributed by atoms with van der Waals surface area (Å²) in [5.74, 6) is 3.21. The smallest absolute Gasteiger partial charge is 0.134 e. The number of benzene rings is 2. The van der Waals surface area contributed by atoms with Gasteiger partial charge in [-0.05, 0) is 38.1 Å². The van der Waals surface area contributed by atoms with Gasteiger partial charge in [-0.15, -0.1) is 0 Å². The van der Waals surface area contributed by atoms with Crippen LogP contribution in [0.15, 0.2) is 36.4 Å². The molecule has 0 N–H and O–H groups in total. The zero-order valence-electron chi connectivity index (χ0n) is 11.7. The summed E-state index contributed by atoms with van der Waals surface area (Å²) in [5.41, 5.74) is 1.96. The van der Waals surface area contributed by atoms with Crippen LogP contribution in [-0.4, -0.2) is 14.2 Å². The first-order valence-electron chi connectivity index (χ1n) is 6.12. The molecule has 3 nitrogen and oxygen atoms in total. The molecule has 0 aliphatic carbocycles. The van der Waals surface area contributed by atoms with Crippen LogP contribution in [0.3, 0.4) is 0 Å². The lowest BCUT2D eigenvalue weighted by atomic mass is 10.2. The zero-order valence-corrected chi connectivity index (χ0v) is 11.7. The molecule has 0 atom stereocenters. The van der Waals surface area contributed by atoms with Crippen molar-refractivity contribution in [1.82, 2.24) is 0 Å². The van der Waals surface area contributed by atoms with E-state index < -0.39 is 0 Å². The summed E-state index contributed by atoms with van der Waals surface area (Å²) in [5, 5.41) is 0. The lowest BCUT2D eigenvalue weighted by molar-refractivity contribution is 0.398. The zero-order chi connectivity index (χ0) is 13.8. The first-order chi connectivity index (χ1) is 9.17. The van der Waals surface area contributed by atoms with E-state index in [1.807, 2.05) is 50.2 Å². The molecule has 0 spiro atoms. The highest BCUT2D eigenvalue weighted by atomic mass is 16.5. The molecule has 0 aliphatic heterocycles. The maximum Gasteiger partial charge on any atom is 0.134 e. The van der Waals surface area contributed by atoms with Crippen molar-refractivity contribution in [3.8, 4) is 23.0 Å². The standard InChI is InChI=1S/C16H18O3/c1-11-13(17-3)7-5-9-15(11)19-16-10-6-8-14(18-4)12(16)2/h5-10H,1-4H3. The molecule has 0 aromatic heterocycles. The normalized spacial score (nSPS) is 10.1. The van der Waals surface area contributed by atoms with E-state index in [0.717, 1.165) is 34.1 Å². The Balaban J connectivity index is 2.36. The molecule has 0 heterocycles. The quantitative estimate of drug-likeness (QED) is 0.825. The highest BCUT2D eigenvalue weighted by molar-refractivity contribution is 5.49. The third-order valence-electron chi connectivity index (χ3n) is 3.13. The van der Waals surface area contributed by atoms with E-state index in [0.29, 0.717) is 0 Å². The number of methoxy groups -OCH3 is 2. The number of rotatable bonds is 4. The van der Waals surface area contributed by atoms with Crippen molar-refractivity contribution in [1.29, 1.82) is 0 Å². The Labute approximate surface area is 113 Å². The van der Waals surface area contributed by atoms with Gasteiger partial charge < -0.3 is 14.2 Å². The minimum absolute atomic E-state index is 0.788. The van der Waals surface area contributed by atoms with Crippen molar-refractivity contribution >= 4 is 0 Å². The highest BCUT2D eigenvalue weighted by Gasteiger charge is 2.10. The van der Waals surface area contributed by atoms with Crippen LogP contribution in [0.5, 0.6) is 23.0 Å². The average Bonchev–Trinajstić information content (AvgIpc) is 2.43. The number of ether oxygens (including phenoxy) is 3. The molecule has 0 saturated carbocycles. The second-order valence-corrected chi connectivity index (χ2v) is 4.27. The van der Waals surface area contributed by atoms with Gasteiger partial charge >= 0.3 is 0 Å². The second-order valence-electron chi connectivity index (χ2n) is 4.27. The SMILES string of the molecule is COc1cccc(Oc2cccc(OC)c2C)c1C. The van der Waals surface area contributed by atoms with Crippen LogP contribution in [0.4, 0.5) is 0 Å². The van der Waals surface area contributed by atoms with Crippen molar-refractivity contribution in [2.75, 3.05) is 14.2 Å². The van der Waals surface area contributed by atoms with Gasteiger partial charge in [0.15, 0.2) is 0 Å². The van der Waals surface area contributed by atoms with Crippen molar-refractivity contribution in [2.24, 2.45) is 0 Å². The molecular weight excluding hydrogens is 240 g/mol. The van der Waals surface area contributed by atoms with E-state index in [-0.39, 0.29) is 0 Å². The molecule has 2 rings (SSSR count). The predicted octanol–water partition coefficient (Wildman–Crippen LogP) is 4.11. The van der Waals surface area contributed by atoms with Crippen LogP contribution in [0, 0.1) is 13.8 Å². The summed E-state index contributed by atoms with van der Waals surface area (Å²) in [6.07, 6.45) is 0. The second kappa shape index (κ2) is 5.65. The van der Waals surface area contributed by atoms with E-state index in [2.05, 4.69) is 0 Å². The van der Waals surface area contributed by atoms with Crippen LogP contribution in [-0.2, 0) is 0 Å². The average molecular weight is 258 g/mol. The Morgan fingerprint density at radius 1 is 0.632 bits per heavy atom. The Morgan fingerprint density at radius 3 is 1.37 bits per heavy atom. The van der Waals surface area contributed by atoms with Crippen molar-refractivity contribution in [3.63, 3.8) is 0 Å². The van der Waals surface area contributed by atoms with Crippen molar-refractivity contribution in [3.05, 3.63) is 47.5 Å². The first-order valence-corrected chi connectivity index (χ1v) is 6.12. The van der Waals surface area contributed by atoms with Gasteiger partial charge in [-0.2, -0.15) is 0 Å². The molecule has 19 heavy (non-hydrogen) atoms. The first kappa shape index (κ1) is 13.3. The molecule has 100 valence electrons. The molecule has 0 bridgehead atoms. The maximum atomic E-state index is 5.96. The van der Waals surface area contributed by atoms with Gasteiger partial charge in [0.05, 0.1) is 14.2 Å². The maximum absolute atomic E-state index is 5.96. The van der Waals surface area contributed by atoms with Crippen LogP contribution in [0.1, 0.15) is 11.1 Å². The molecule has 3 heteroatoms. The minimum atomic E-state index is 0.788. The van der Waals surface area contributed by atoms with E-state index in [9.17, 15) is 0 Å². The van der Waals surface area contributed by atoms with Gasteiger partial charge in [-0.3, -0.25) is 0 Å². The van der Waals surface area contributed by atoms with Crippen molar-refractivity contribution in [2.45, 2.75) is 13.8 Å². The van der Waals surface area contributed by atoms with E-state index in [4.69, 9.17) is 14.2 Å². The van der Waals surface area contributed by atoms with Gasteiger partial charge in [0, 0.05) is 11.1 Å². The van der Waals surface area contributed by atoms with Gasteiger partial charge in [0.2, 0.25) is 0 Å². The van der Waals surface area contributed by atoms with Gasteiger partial charge in [0.1, 0.15) is 23.0 Å². The van der Waals surface area contributed by atoms with E-state index in [1.54, 1.807) is 14.2 Å². The monoisotopic (exact) mass is 258 g/mol. The molecule has 0 fully saturated rings. The van der Waals surface area contributed by atoms with Crippen LogP contribution >= 0.6 is 0 Å². The molecule has 0 unspecified atom stereocenters. The van der Waals surface area contributed by atoms with Crippen molar-refractivity contribution < 1.29 is 14.2 Å². The molecule has 0 aliphatic rings. The minimum Gasteiger partial charge on any atom is -0.496 e. The van der Waals surface area contributed by atoms with E-state index >= 15 is 0 Å². The van der Waals surface area contributed by atoms with Crippen LogP contribution < -0.4 is 14.2 Å². The fourth-order valence-corrected chi connectivity index (χ4v) is 1.97. The van der Waals surface area contributed by atoms with Crippen LogP contribution in [0.25, 0.3) is 0 Å². The fraction of sp³-hybridized carbons (Fsp3) is 0.250. The third kappa shape index (κ3) is 2.65. The van der Waals surface area contributed by atoms with Gasteiger partial charge in [-0.1, -0.05) is 12.1 Å². The molecule has 2 aromatic rings. The Morgan fingerprint density at radius 2 is 1.00 bits per heavy atom. The number of hydrogen-bond acceptors (Lipinski definition) is 3. The fourth-order valence-electron chi connectivity index (χ4n) is 1.97. The van der Waals surface area contributed by atoms with Crippen LogP contribution in [0.2, 0.25) is 0 Å². The summed E-state index contributed by atoms with van der Waals surface area (Å²) >= 11 is 0. The predicted molar refractivity (Wildman–Crippen MR) is 75.5 cm³/mol. The summed E-state index contributed by atoms with van der Waals surface area (Å²) < 4.78 is 16.6. The molecular formula is C16H18O3. The Hall–Kier alpha value is -2.16. The number of hydrogen-bond donors (Lipinski definition) is 0. The molecule has 0 amide bonds. The molecule has 0 radical (unpaired) electrons. The van der Waals surface area contributed by atoms with E-state index in [1.165, 1.54) is 0 Å². The summed E-state index contributed by atoms with van der Waals surface area (Å²) in [6.45, 7) is 3.95. The third-order valence-corrected chi connectivity index (χ3v) is 3.13. The Bertz CT molecular complexity index is 525. The summed E-state index contributed by atoms with van der Waals surface area (Å²) in [7, 11) is 3.31. The largest absolute Gasteiger partial charge is 0.496 e. The topological polar surface area (TPSA) is 27.7 Å². The highest BCUT2D eigenvalue weighted by Crippen LogP contribution is 2.34. The summed E-state index contributed by atoms with van der Waals surface area (Å²) in [4.78, 5) is 0. The molecule has 2 aromatic carbocycles. The Kier molecular flexibility index (Phi) is 3.95. The summed E-state index contributed by atoms with van der Waals surface area (Å²) in [6, 6.07) is 11.5. The van der Waals surface area contributed by atoms with Gasteiger partial charge in [0.25, 0.3) is 0 Å². The lowest BCUT2D eigenvalue weighted by Gasteiger charge is -2.14. The molecule has 0 saturated heterocycles. The van der Waals surface area contributed by atoms with Gasteiger partial charge in [-0.25, -0.2) is 0 Å².